The number of fused-ring (bicyclic) bond motifs is 1. The molecule has 1 atom stereocenters. The molecule has 1 aliphatic rings. The predicted octanol–water partition coefficient (Wildman–Crippen LogP) is 1.78. The van der Waals surface area contributed by atoms with Crippen molar-refractivity contribution in [3.8, 4) is 11.5 Å². The number of carbonyl (C=O) groups excluding carboxylic acids is 1. The molecule has 0 radical (unpaired) electrons. The second-order valence-electron chi connectivity index (χ2n) is 3.70. The molecule has 1 aromatic carbocycles. The molecular formula is C12H15NO4. The highest BCUT2D eigenvalue weighted by atomic mass is 16.7. The first-order chi connectivity index (χ1) is 8.24. The van der Waals surface area contributed by atoms with E-state index < -0.39 is 0 Å². The van der Waals surface area contributed by atoms with E-state index in [0.717, 1.165) is 11.4 Å². The maximum absolute atomic E-state index is 11.4. The number of hydrogen-bond acceptors (Lipinski definition) is 5. The van der Waals surface area contributed by atoms with Gasteiger partial charge in [0, 0.05) is 11.8 Å². The van der Waals surface area contributed by atoms with E-state index >= 15 is 0 Å². The number of hydrogen-bond donors (Lipinski definition) is 1. The van der Waals surface area contributed by atoms with Gasteiger partial charge in [-0.25, -0.2) is 4.79 Å². The fourth-order valence-electron chi connectivity index (χ4n) is 1.66. The molecule has 5 nitrogen and oxygen atoms in total. The van der Waals surface area contributed by atoms with E-state index in [1.165, 1.54) is 7.11 Å². The smallest absolute Gasteiger partial charge is 0.328 e. The molecule has 5 heteroatoms. The summed E-state index contributed by atoms with van der Waals surface area (Å²) in [6.07, 6.45) is 0.654. The van der Waals surface area contributed by atoms with Crippen LogP contribution in [0.15, 0.2) is 18.2 Å². The Morgan fingerprint density at radius 2 is 2.24 bits per heavy atom. The minimum Gasteiger partial charge on any atom is -0.467 e. The molecule has 0 aromatic heterocycles. The number of carbonyl (C=O) groups is 1. The van der Waals surface area contributed by atoms with E-state index in [4.69, 9.17) is 14.2 Å². The van der Waals surface area contributed by atoms with Gasteiger partial charge in [-0.05, 0) is 18.6 Å². The lowest BCUT2D eigenvalue weighted by Gasteiger charge is -2.15. The van der Waals surface area contributed by atoms with Gasteiger partial charge >= 0.3 is 5.97 Å². The third-order valence-corrected chi connectivity index (χ3v) is 2.61. The van der Waals surface area contributed by atoms with Crippen molar-refractivity contribution in [3.05, 3.63) is 18.2 Å². The number of ether oxygens (including phenoxy) is 3. The maximum atomic E-state index is 11.4. The number of anilines is 1. The van der Waals surface area contributed by atoms with Crippen molar-refractivity contribution in [2.24, 2.45) is 0 Å². The summed E-state index contributed by atoms with van der Waals surface area (Å²) in [4.78, 5) is 11.4. The van der Waals surface area contributed by atoms with Crippen LogP contribution in [-0.4, -0.2) is 25.9 Å². The Hall–Kier alpha value is -1.91. The zero-order chi connectivity index (χ0) is 12.3. The maximum Gasteiger partial charge on any atom is 0.328 e. The van der Waals surface area contributed by atoms with Crippen molar-refractivity contribution in [2.75, 3.05) is 19.2 Å². The Morgan fingerprint density at radius 3 is 2.94 bits per heavy atom. The second kappa shape index (κ2) is 4.95. The summed E-state index contributed by atoms with van der Waals surface area (Å²) in [5.41, 5.74) is 0.812. The first-order valence-electron chi connectivity index (χ1n) is 5.48. The van der Waals surface area contributed by atoms with Crippen molar-refractivity contribution < 1.29 is 19.0 Å². The highest BCUT2D eigenvalue weighted by Gasteiger charge is 2.18. The summed E-state index contributed by atoms with van der Waals surface area (Å²) in [5, 5.41) is 3.10. The Kier molecular flexibility index (Phi) is 3.37. The molecule has 1 aromatic rings. The van der Waals surface area contributed by atoms with Crippen LogP contribution in [0.1, 0.15) is 13.3 Å². The van der Waals surface area contributed by atoms with Gasteiger partial charge in [-0.3, -0.25) is 0 Å². The summed E-state index contributed by atoms with van der Waals surface area (Å²) in [6.45, 7) is 2.16. The van der Waals surface area contributed by atoms with Gasteiger partial charge in [0.2, 0.25) is 6.79 Å². The number of rotatable bonds is 4. The van der Waals surface area contributed by atoms with Crippen LogP contribution in [0.3, 0.4) is 0 Å². The van der Waals surface area contributed by atoms with Gasteiger partial charge in [-0.1, -0.05) is 6.92 Å². The lowest BCUT2D eigenvalue weighted by molar-refractivity contribution is -0.141. The van der Waals surface area contributed by atoms with Crippen LogP contribution in [0.4, 0.5) is 5.69 Å². The van der Waals surface area contributed by atoms with E-state index in [1.807, 2.05) is 25.1 Å². The van der Waals surface area contributed by atoms with Crippen molar-refractivity contribution in [1.29, 1.82) is 0 Å². The van der Waals surface area contributed by atoms with Crippen LogP contribution in [0.25, 0.3) is 0 Å². The normalized spacial score (nSPS) is 14.2. The number of benzene rings is 1. The Bertz CT molecular complexity index is 419. The molecule has 0 aliphatic carbocycles. The number of methoxy groups -OCH3 is 1. The third-order valence-electron chi connectivity index (χ3n) is 2.61. The molecule has 92 valence electrons. The lowest BCUT2D eigenvalue weighted by atomic mass is 10.2. The molecule has 0 saturated carbocycles. The van der Waals surface area contributed by atoms with E-state index in [2.05, 4.69) is 5.32 Å². The van der Waals surface area contributed by atoms with E-state index in [9.17, 15) is 4.79 Å². The molecule has 2 rings (SSSR count). The molecule has 1 unspecified atom stereocenters. The molecule has 1 heterocycles. The van der Waals surface area contributed by atoms with Crippen LogP contribution < -0.4 is 14.8 Å². The SMILES string of the molecule is CCC(Nc1ccc2c(c1)OCO2)C(=O)OC. The fraction of sp³-hybridized carbons (Fsp3) is 0.417. The molecule has 1 N–H and O–H groups in total. The van der Waals surface area contributed by atoms with Crippen LogP contribution in [0.5, 0.6) is 11.5 Å². The van der Waals surface area contributed by atoms with Gasteiger partial charge < -0.3 is 19.5 Å². The molecule has 0 bridgehead atoms. The minimum atomic E-state index is -0.347. The zero-order valence-electron chi connectivity index (χ0n) is 9.86. The predicted molar refractivity (Wildman–Crippen MR) is 62.3 cm³/mol. The monoisotopic (exact) mass is 237 g/mol. The van der Waals surface area contributed by atoms with Crippen molar-refractivity contribution in [2.45, 2.75) is 19.4 Å². The van der Waals surface area contributed by atoms with E-state index in [-0.39, 0.29) is 18.8 Å². The number of nitrogens with one attached hydrogen (secondary N) is 1. The quantitative estimate of drug-likeness (QED) is 0.809. The first kappa shape index (κ1) is 11.6. The van der Waals surface area contributed by atoms with Crippen LogP contribution in [-0.2, 0) is 9.53 Å². The Morgan fingerprint density at radius 1 is 1.47 bits per heavy atom. The van der Waals surface area contributed by atoms with E-state index in [0.29, 0.717) is 12.2 Å². The molecule has 0 saturated heterocycles. The van der Waals surface area contributed by atoms with Crippen LogP contribution >= 0.6 is 0 Å². The average Bonchev–Trinajstić information content (AvgIpc) is 2.82. The van der Waals surface area contributed by atoms with Gasteiger partial charge in [0.25, 0.3) is 0 Å². The molecule has 0 fully saturated rings. The largest absolute Gasteiger partial charge is 0.467 e. The van der Waals surface area contributed by atoms with Crippen molar-refractivity contribution in [3.63, 3.8) is 0 Å². The molecular weight excluding hydrogens is 222 g/mol. The highest BCUT2D eigenvalue weighted by molar-refractivity contribution is 5.79. The molecule has 0 amide bonds. The Balaban J connectivity index is 2.10. The molecule has 1 aliphatic heterocycles. The summed E-state index contributed by atoms with van der Waals surface area (Å²) >= 11 is 0. The van der Waals surface area contributed by atoms with Gasteiger partial charge in [0.15, 0.2) is 11.5 Å². The second-order valence-corrected chi connectivity index (χ2v) is 3.70. The topological polar surface area (TPSA) is 56.8 Å². The summed E-state index contributed by atoms with van der Waals surface area (Å²) in [7, 11) is 1.38. The summed E-state index contributed by atoms with van der Waals surface area (Å²) in [6, 6.07) is 5.13. The summed E-state index contributed by atoms with van der Waals surface area (Å²) in [5.74, 6) is 1.14. The zero-order valence-corrected chi connectivity index (χ0v) is 9.86. The Labute approximate surface area is 99.7 Å². The summed E-state index contributed by atoms with van der Waals surface area (Å²) < 4.78 is 15.2. The van der Waals surface area contributed by atoms with Gasteiger partial charge in [0.05, 0.1) is 7.11 Å². The van der Waals surface area contributed by atoms with Crippen LogP contribution in [0.2, 0.25) is 0 Å². The molecule has 17 heavy (non-hydrogen) atoms. The lowest BCUT2D eigenvalue weighted by Crippen LogP contribution is -2.29. The average molecular weight is 237 g/mol. The highest BCUT2D eigenvalue weighted by Crippen LogP contribution is 2.34. The number of esters is 1. The van der Waals surface area contributed by atoms with Gasteiger partial charge in [0.1, 0.15) is 6.04 Å². The fourth-order valence-corrected chi connectivity index (χ4v) is 1.66. The minimum absolute atomic E-state index is 0.243. The van der Waals surface area contributed by atoms with Crippen molar-refractivity contribution >= 4 is 11.7 Å². The first-order valence-corrected chi connectivity index (χ1v) is 5.48. The van der Waals surface area contributed by atoms with Gasteiger partial charge in [-0.15, -0.1) is 0 Å². The molecule has 0 spiro atoms. The van der Waals surface area contributed by atoms with E-state index in [1.54, 1.807) is 0 Å². The third kappa shape index (κ3) is 2.43. The van der Waals surface area contributed by atoms with Gasteiger partial charge in [-0.2, -0.15) is 0 Å². The van der Waals surface area contributed by atoms with Crippen LogP contribution in [0, 0.1) is 0 Å². The van der Waals surface area contributed by atoms with Crippen molar-refractivity contribution in [1.82, 2.24) is 0 Å². The standard InChI is InChI=1S/C12H15NO4/c1-3-9(12(14)15-2)13-8-4-5-10-11(6-8)17-7-16-10/h4-6,9,13H,3,7H2,1-2H3.